The molecule has 0 radical (unpaired) electrons. The highest BCUT2D eigenvalue weighted by Crippen LogP contribution is 2.40. The Kier molecular flexibility index (Phi) is 7.59. The van der Waals surface area contributed by atoms with Crippen LogP contribution in [0.4, 0.5) is 15.9 Å². The first kappa shape index (κ1) is 27.6. The number of halogens is 2. The summed E-state index contributed by atoms with van der Waals surface area (Å²) in [5.41, 5.74) is 8.24. The lowest BCUT2D eigenvalue weighted by molar-refractivity contribution is 0.0828. The van der Waals surface area contributed by atoms with E-state index in [2.05, 4.69) is 52.0 Å². The van der Waals surface area contributed by atoms with Gasteiger partial charge in [0, 0.05) is 50.0 Å². The van der Waals surface area contributed by atoms with Crippen molar-refractivity contribution in [2.75, 3.05) is 43.7 Å². The molecule has 4 aromatic rings. The number of nitrogen functional groups attached to an aromatic ring is 1. The van der Waals surface area contributed by atoms with Gasteiger partial charge in [-0.15, -0.1) is 11.3 Å². The van der Waals surface area contributed by atoms with Crippen LogP contribution in [-0.2, 0) is 10.0 Å². The van der Waals surface area contributed by atoms with Crippen LogP contribution >= 0.6 is 27.3 Å². The summed E-state index contributed by atoms with van der Waals surface area (Å²) in [6.45, 7) is 4.47. The van der Waals surface area contributed by atoms with Crippen molar-refractivity contribution in [3.8, 4) is 11.1 Å². The summed E-state index contributed by atoms with van der Waals surface area (Å²) in [5, 5.41) is 0.680. The van der Waals surface area contributed by atoms with E-state index in [4.69, 9.17) is 5.73 Å². The summed E-state index contributed by atoms with van der Waals surface area (Å²) < 4.78 is 46.0. The van der Waals surface area contributed by atoms with Crippen LogP contribution in [0.1, 0.15) is 31.7 Å². The molecule has 1 aliphatic heterocycles. The van der Waals surface area contributed by atoms with Crippen LogP contribution in [0.5, 0.6) is 0 Å². The van der Waals surface area contributed by atoms with Crippen molar-refractivity contribution < 1.29 is 12.8 Å². The minimum Gasteiger partial charge on any atom is -0.383 e. The van der Waals surface area contributed by atoms with Gasteiger partial charge in [-0.3, -0.25) is 9.62 Å². The maximum Gasteiger partial charge on any atom is 0.271 e. The number of likely N-dealkylation sites (N-methyl/N-ethyl adjacent to an activating group) is 1. The molecule has 1 saturated heterocycles. The van der Waals surface area contributed by atoms with Gasteiger partial charge in [0.15, 0.2) is 0 Å². The second kappa shape index (κ2) is 11.0. The van der Waals surface area contributed by atoms with Crippen molar-refractivity contribution in [2.24, 2.45) is 0 Å². The van der Waals surface area contributed by atoms with Crippen molar-refractivity contribution in [1.29, 1.82) is 0 Å². The number of hydrogen-bond donors (Lipinski definition) is 2. The third-order valence-electron chi connectivity index (χ3n) is 8.09. The normalized spacial score (nSPS) is 21.2. The average Bonchev–Trinajstić information content (AvgIpc) is 3.56. The van der Waals surface area contributed by atoms with E-state index in [1.165, 1.54) is 24.5 Å². The average molecular weight is 649 g/mol. The number of thiophene rings is 1. The Morgan fingerprint density at radius 3 is 2.45 bits per heavy atom. The maximum atomic E-state index is 15.3. The van der Waals surface area contributed by atoms with Crippen LogP contribution in [0, 0.1) is 5.82 Å². The van der Waals surface area contributed by atoms with E-state index < -0.39 is 15.8 Å². The monoisotopic (exact) mass is 647 g/mol. The molecular weight excluding hydrogens is 617 g/mol. The van der Waals surface area contributed by atoms with Gasteiger partial charge in [-0.05, 0) is 78.5 Å². The molecule has 13 heteroatoms. The molecule has 0 bridgehead atoms. The number of sulfonamides is 1. The van der Waals surface area contributed by atoms with E-state index >= 15 is 4.39 Å². The number of aromatic nitrogens is 3. The molecule has 212 valence electrons. The molecule has 0 unspecified atom stereocenters. The fraction of sp³-hybridized carbons (Fsp3) is 0.407. The van der Waals surface area contributed by atoms with Gasteiger partial charge in [0.1, 0.15) is 27.8 Å². The van der Waals surface area contributed by atoms with Gasteiger partial charge in [-0.1, -0.05) is 6.07 Å². The van der Waals surface area contributed by atoms with Gasteiger partial charge in [-0.2, -0.15) is 0 Å². The highest BCUT2D eigenvalue weighted by atomic mass is 79.9. The number of nitrogens with zero attached hydrogens (tertiary/aromatic N) is 5. The Balaban J connectivity index is 1.26. The summed E-state index contributed by atoms with van der Waals surface area (Å²) in [6.07, 6.45) is 7.76. The fourth-order valence-corrected chi connectivity index (χ4v) is 8.97. The molecule has 3 aromatic heterocycles. The Morgan fingerprint density at radius 2 is 1.77 bits per heavy atom. The number of hydrogen-bond acceptors (Lipinski definition) is 8. The van der Waals surface area contributed by atoms with Crippen LogP contribution in [0.2, 0.25) is 0 Å². The summed E-state index contributed by atoms with van der Waals surface area (Å²) >= 11 is 4.32. The van der Waals surface area contributed by atoms with Crippen molar-refractivity contribution >= 4 is 59.8 Å². The molecule has 9 nitrogen and oxygen atoms in total. The van der Waals surface area contributed by atoms with E-state index in [0.29, 0.717) is 26.6 Å². The molecule has 0 amide bonds. The molecule has 4 heterocycles. The topological polar surface area (TPSA) is 109 Å². The van der Waals surface area contributed by atoms with Gasteiger partial charge in [0.2, 0.25) is 0 Å². The van der Waals surface area contributed by atoms with Gasteiger partial charge < -0.3 is 15.2 Å². The summed E-state index contributed by atoms with van der Waals surface area (Å²) in [4.78, 5) is 13.8. The van der Waals surface area contributed by atoms with Crippen LogP contribution in [-0.4, -0.2) is 72.0 Å². The number of nitrogens with one attached hydrogen (secondary N) is 1. The van der Waals surface area contributed by atoms with Crippen LogP contribution in [0.25, 0.3) is 22.2 Å². The molecule has 2 aliphatic rings. The highest BCUT2D eigenvalue weighted by Gasteiger charge is 2.30. The summed E-state index contributed by atoms with van der Waals surface area (Å²) in [5.74, 6) is -0.348. The zero-order valence-electron chi connectivity index (χ0n) is 22.1. The quantitative estimate of drug-likeness (QED) is 0.297. The van der Waals surface area contributed by atoms with Crippen molar-refractivity contribution in [2.45, 2.75) is 42.0 Å². The van der Waals surface area contributed by atoms with E-state index in [1.807, 2.05) is 6.20 Å². The molecule has 1 saturated carbocycles. The second-order valence-corrected chi connectivity index (χ2v) is 14.9. The predicted octanol–water partition coefficient (Wildman–Crippen LogP) is 5.18. The number of nitrogens with two attached hydrogens (primary N) is 1. The van der Waals surface area contributed by atoms with Crippen molar-refractivity contribution in [1.82, 2.24) is 24.3 Å². The van der Waals surface area contributed by atoms with Gasteiger partial charge in [0.25, 0.3) is 10.0 Å². The minimum atomic E-state index is -3.91. The molecule has 1 aromatic carbocycles. The Labute approximate surface area is 245 Å². The van der Waals surface area contributed by atoms with Crippen LogP contribution in [0.3, 0.4) is 0 Å². The first-order valence-electron chi connectivity index (χ1n) is 13.3. The zero-order valence-corrected chi connectivity index (χ0v) is 25.3. The Hall–Kier alpha value is -2.58. The number of rotatable bonds is 6. The van der Waals surface area contributed by atoms with Crippen molar-refractivity contribution in [3.05, 3.63) is 52.5 Å². The third-order valence-corrected chi connectivity index (χ3v) is 11.6. The van der Waals surface area contributed by atoms with Crippen LogP contribution in [0.15, 0.2) is 50.9 Å². The molecule has 40 heavy (non-hydrogen) atoms. The largest absolute Gasteiger partial charge is 0.383 e. The number of piperazine rings is 1. The minimum absolute atomic E-state index is 0.0955. The SMILES string of the molecule is CN1CCN(C2CCC(n3cc(-c4ccc(NS(=O)(=O)c5ccc(Br)s5)c(F)c4)c4c(N)ncnc43)CC2)CC1. The lowest BCUT2D eigenvalue weighted by Gasteiger charge is -2.41. The van der Waals surface area contributed by atoms with Gasteiger partial charge in [0.05, 0.1) is 14.9 Å². The molecular formula is C27H31BrFN7O2S2. The van der Waals surface area contributed by atoms with E-state index in [1.54, 1.807) is 12.1 Å². The van der Waals surface area contributed by atoms with Crippen LogP contribution < -0.4 is 10.5 Å². The summed E-state index contributed by atoms with van der Waals surface area (Å²) in [6, 6.07) is 8.44. The lowest BCUT2D eigenvalue weighted by atomic mass is 9.89. The number of anilines is 2. The lowest BCUT2D eigenvalue weighted by Crippen LogP contribution is -2.49. The van der Waals surface area contributed by atoms with Gasteiger partial charge >= 0.3 is 0 Å². The molecule has 1 aliphatic carbocycles. The molecule has 3 N–H and O–H groups in total. The first-order chi connectivity index (χ1) is 19.2. The molecule has 6 rings (SSSR count). The molecule has 0 atom stereocenters. The third kappa shape index (κ3) is 5.37. The van der Waals surface area contributed by atoms with E-state index in [-0.39, 0.29) is 15.9 Å². The zero-order chi connectivity index (χ0) is 28.0. The molecule has 0 spiro atoms. The maximum absolute atomic E-state index is 15.3. The van der Waals surface area contributed by atoms with Gasteiger partial charge in [-0.25, -0.2) is 22.8 Å². The van der Waals surface area contributed by atoms with Crippen molar-refractivity contribution in [3.63, 3.8) is 0 Å². The Bertz CT molecular complexity index is 1640. The highest BCUT2D eigenvalue weighted by molar-refractivity contribution is 9.11. The fourth-order valence-electron chi connectivity index (χ4n) is 5.90. The van der Waals surface area contributed by atoms with E-state index in [9.17, 15) is 8.42 Å². The standard InChI is InChI=1S/C27H31BrFN7O2S2/c1-34-10-12-35(13-11-34)18-3-5-19(6-4-18)36-15-20(25-26(30)31-16-32-27(25)36)17-2-7-22(21(29)14-17)33-40(37,38)24-9-8-23(28)39-24/h2,7-9,14-16,18-19,33H,3-6,10-13H2,1H3,(H2,30,31,32). The second-order valence-electron chi connectivity index (χ2n) is 10.6. The van der Waals surface area contributed by atoms with E-state index in [0.717, 1.165) is 74.4 Å². The molecule has 2 fully saturated rings. The number of fused-ring (bicyclic) bond motifs is 1. The number of benzene rings is 1. The smallest absolute Gasteiger partial charge is 0.271 e. The predicted molar refractivity (Wildman–Crippen MR) is 161 cm³/mol. The first-order valence-corrected chi connectivity index (χ1v) is 16.4. The Morgan fingerprint density at radius 1 is 1.05 bits per heavy atom. The summed E-state index contributed by atoms with van der Waals surface area (Å²) in [7, 11) is -1.73.